The molecule has 0 aromatic heterocycles. The molecule has 3 rings (SSSR count). The van der Waals surface area contributed by atoms with Crippen molar-refractivity contribution < 1.29 is 0 Å². The first kappa shape index (κ1) is 12.4. The summed E-state index contributed by atoms with van der Waals surface area (Å²) in [5.41, 5.74) is 4.35. The van der Waals surface area contributed by atoms with Gasteiger partial charge in [0.05, 0.1) is 0 Å². The fraction of sp³-hybridized carbons (Fsp3) is 0.333. The zero-order chi connectivity index (χ0) is 12.9. The minimum absolute atomic E-state index is 0.851. The molecule has 2 aromatic carbocycles. The topological polar surface area (TPSA) is 12.0 Å². The molecule has 1 aliphatic carbocycles. The molecule has 98 valence electrons. The molecule has 0 amide bonds. The molecular formula is C18H21N. The molecule has 0 radical (unpaired) electrons. The number of nitrogens with one attached hydrogen (secondary N) is 1. The first-order valence-electron chi connectivity index (χ1n) is 7.25. The van der Waals surface area contributed by atoms with E-state index in [1.165, 1.54) is 29.5 Å². The van der Waals surface area contributed by atoms with Crippen molar-refractivity contribution in [1.29, 1.82) is 0 Å². The van der Waals surface area contributed by atoms with E-state index in [4.69, 9.17) is 0 Å². The summed E-state index contributed by atoms with van der Waals surface area (Å²) < 4.78 is 0. The summed E-state index contributed by atoms with van der Waals surface area (Å²) in [4.78, 5) is 0. The molecule has 0 heterocycles. The Bertz CT molecular complexity index is 514. The maximum Gasteiger partial charge on any atom is 0.0205 e. The average molecular weight is 251 g/mol. The molecule has 1 nitrogen and oxygen atoms in total. The fourth-order valence-corrected chi connectivity index (χ4v) is 2.48. The number of benzene rings is 2. The van der Waals surface area contributed by atoms with Crippen LogP contribution < -0.4 is 5.32 Å². The molecule has 19 heavy (non-hydrogen) atoms. The smallest absolute Gasteiger partial charge is 0.0205 e. The maximum atomic E-state index is 3.54. The van der Waals surface area contributed by atoms with Crippen LogP contribution in [0.4, 0.5) is 0 Å². The monoisotopic (exact) mass is 251 g/mol. The van der Waals surface area contributed by atoms with Crippen LogP contribution in [0.15, 0.2) is 54.6 Å². The number of rotatable bonds is 6. The van der Waals surface area contributed by atoms with Gasteiger partial charge in [0.25, 0.3) is 0 Å². The third-order valence-electron chi connectivity index (χ3n) is 3.76. The van der Waals surface area contributed by atoms with Crippen molar-refractivity contribution in [2.75, 3.05) is 6.54 Å². The number of hydrogen-bond acceptors (Lipinski definition) is 1. The van der Waals surface area contributed by atoms with E-state index in [0.29, 0.717) is 0 Å². The third kappa shape index (κ3) is 3.68. The Morgan fingerprint density at radius 3 is 2.47 bits per heavy atom. The molecule has 1 saturated carbocycles. The van der Waals surface area contributed by atoms with Gasteiger partial charge in [0.2, 0.25) is 0 Å². The standard InChI is InChI=1S/C18H21N/c1-2-5-15(6-3-1)11-12-19-14-16-7-4-8-18(13-16)17-9-10-17/h1-8,13,17,19H,9-12,14H2. The van der Waals surface area contributed by atoms with Gasteiger partial charge in [-0.2, -0.15) is 0 Å². The van der Waals surface area contributed by atoms with Gasteiger partial charge in [-0.25, -0.2) is 0 Å². The Labute approximate surface area is 115 Å². The Morgan fingerprint density at radius 1 is 0.895 bits per heavy atom. The van der Waals surface area contributed by atoms with Crippen LogP contribution in [0.1, 0.15) is 35.4 Å². The second-order valence-electron chi connectivity index (χ2n) is 5.43. The molecule has 0 saturated heterocycles. The van der Waals surface area contributed by atoms with Crippen LogP contribution >= 0.6 is 0 Å². The van der Waals surface area contributed by atoms with E-state index in [2.05, 4.69) is 59.9 Å². The molecule has 0 bridgehead atoms. The number of hydrogen-bond donors (Lipinski definition) is 1. The van der Waals surface area contributed by atoms with Crippen LogP contribution in [0.3, 0.4) is 0 Å². The van der Waals surface area contributed by atoms with Gasteiger partial charge >= 0.3 is 0 Å². The average Bonchev–Trinajstić information content (AvgIpc) is 3.30. The normalized spacial score (nSPS) is 14.5. The lowest BCUT2D eigenvalue weighted by molar-refractivity contribution is 0.686. The van der Waals surface area contributed by atoms with Crippen molar-refractivity contribution in [2.24, 2.45) is 0 Å². The van der Waals surface area contributed by atoms with Gasteiger partial charge in [-0.15, -0.1) is 0 Å². The van der Waals surface area contributed by atoms with E-state index >= 15 is 0 Å². The van der Waals surface area contributed by atoms with Gasteiger partial charge in [-0.05, 0) is 48.4 Å². The first-order chi connectivity index (χ1) is 9.42. The second-order valence-corrected chi connectivity index (χ2v) is 5.43. The van der Waals surface area contributed by atoms with E-state index in [1.807, 2.05) is 0 Å². The van der Waals surface area contributed by atoms with Gasteiger partial charge in [-0.1, -0.05) is 54.6 Å². The minimum atomic E-state index is 0.851. The fourth-order valence-electron chi connectivity index (χ4n) is 2.48. The van der Waals surface area contributed by atoms with Crippen molar-refractivity contribution in [2.45, 2.75) is 31.7 Å². The highest BCUT2D eigenvalue weighted by molar-refractivity contribution is 5.29. The lowest BCUT2D eigenvalue weighted by Gasteiger charge is -2.07. The molecule has 0 aliphatic heterocycles. The Kier molecular flexibility index (Phi) is 3.95. The third-order valence-corrected chi connectivity index (χ3v) is 3.76. The van der Waals surface area contributed by atoms with Gasteiger partial charge in [0.1, 0.15) is 0 Å². The van der Waals surface area contributed by atoms with Crippen LogP contribution in [0, 0.1) is 0 Å². The lowest BCUT2D eigenvalue weighted by atomic mass is 10.1. The van der Waals surface area contributed by atoms with Gasteiger partial charge in [-0.3, -0.25) is 0 Å². The second kappa shape index (κ2) is 6.03. The minimum Gasteiger partial charge on any atom is -0.312 e. The van der Waals surface area contributed by atoms with E-state index in [0.717, 1.165) is 25.4 Å². The molecule has 0 spiro atoms. The summed E-state index contributed by atoms with van der Waals surface area (Å²) in [5.74, 6) is 0.851. The summed E-state index contributed by atoms with van der Waals surface area (Å²) in [7, 11) is 0. The van der Waals surface area contributed by atoms with Crippen LogP contribution in [-0.4, -0.2) is 6.54 Å². The zero-order valence-corrected chi connectivity index (χ0v) is 11.3. The van der Waals surface area contributed by atoms with Crippen molar-refractivity contribution >= 4 is 0 Å². The molecule has 2 aromatic rings. The molecule has 1 fully saturated rings. The summed E-state index contributed by atoms with van der Waals surface area (Å²) in [5, 5.41) is 3.54. The van der Waals surface area contributed by atoms with Crippen LogP contribution in [0.5, 0.6) is 0 Å². The summed E-state index contributed by atoms with van der Waals surface area (Å²) in [6.07, 6.45) is 3.86. The molecule has 1 heteroatoms. The molecular weight excluding hydrogens is 230 g/mol. The van der Waals surface area contributed by atoms with Gasteiger partial charge in [0.15, 0.2) is 0 Å². The highest BCUT2D eigenvalue weighted by Gasteiger charge is 2.23. The Hall–Kier alpha value is -1.60. The van der Waals surface area contributed by atoms with Gasteiger partial charge < -0.3 is 5.32 Å². The molecule has 1 aliphatic rings. The molecule has 1 N–H and O–H groups in total. The quantitative estimate of drug-likeness (QED) is 0.768. The highest BCUT2D eigenvalue weighted by atomic mass is 14.8. The first-order valence-corrected chi connectivity index (χ1v) is 7.25. The zero-order valence-electron chi connectivity index (χ0n) is 11.3. The van der Waals surface area contributed by atoms with Crippen LogP contribution in [0.25, 0.3) is 0 Å². The highest BCUT2D eigenvalue weighted by Crippen LogP contribution is 2.40. The summed E-state index contributed by atoms with van der Waals surface area (Å²) in [6.45, 7) is 2.02. The Morgan fingerprint density at radius 2 is 1.68 bits per heavy atom. The van der Waals surface area contributed by atoms with Crippen molar-refractivity contribution in [3.05, 3.63) is 71.3 Å². The van der Waals surface area contributed by atoms with Crippen molar-refractivity contribution in [3.8, 4) is 0 Å². The largest absolute Gasteiger partial charge is 0.312 e. The predicted molar refractivity (Wildman–Crippen MR) is 80.3 cm³/mol. The molecule has 0 unspecified atom stereocenters. The van der Waals surface area contributed by atoms with Crippen LogP contribution in [0.2, 0.25) is 0 Å². The van der Waals surface area contributed by atoms with Gasteiger partial charge in [0, 0.05) is 6.54 Å². The summed E-state index contributed by atoms with van der Waals surface area (Å²) in [6, 6.07) is 19.7. The maximum absolute atomic E-state index is 3.54. The van der Waals surface area contributed by atoms with E-state index in [-0.39, 0.29) is 0 Å². The van der Waals surface area contributed by atoms with E-state index < -0.39 is 0 Å². The van der Waals surface area contributed by atoms with Crippen molar-refractivity contribution in [3.63, 3.8) is 0 Å². The van der Waals surface area contributed by atoms with E-state index in [1.54, 1.807) is 0 Å². The lowest BCUT2D eigenvalue weighted by Crippen LogP contribution is -2.16. The van der Waals surface area contributed by atoms with Crippen molar-refractivity contribution in [1.82, 2.24) is 5.32 Å². The SMILES string of the molecule is c1ccc(CCNCc2cccc(C3CC3)c2)cc1. The van der Waals surface area contributed by atoms with E-state index in [9.17, 15) is 0 Å². The molecule has 0 atom stereocenters. The Balaban J connectivity index is 1.46. The summed E-state index contributed by atoms with van der Waals surface area (Å²) >= 11 is 0. The van der Waals surface area contributed by atoms with Crippen LogP contribution in [-0.2, 0) is 13.0 Å². The predicted octanol–water partition coefficient (Wildman–Crippen LogP) is 3.90.